The van der Waals surface area contributed by atoms with Gasteiger partial charge in [0.05, 0.1) is 11.4 Å². The molecular weight excluding hydrogens is 381 g/mol. The summed E-state index contributed by atoms with van der Waals surface area (Å²) in [6, 6.07) is 15.9. The standard InChI is InChI=1S/C20H17F3N6/c1-13-11-15(26-20(21,22)23)5-8-17(13)25-19-12-18(27-28-19)14-3-6-16(7-4-14)29-10-2-9-24-29/h2-12,26H,1H3,(H2,25,27,28). The smallest absolute Gasteiger partial charge is 0.339 e. The van der Waals surface area contributed by atoms with Crippen LogP contribution in [0.3, 0.4) is 0 Å². The van der Waals surface area contributed by atoms with Gasteiger partial charge in [-0.2, -0.15) is 23.4 Å². The number of aromatic nitrogens is 4. The Balaban J connectivity index is 1.48. The first-order chi connectivity index (χ1) is 13.9. The van der Waals surface area contributed by atoms with Gasteiger partial charge < -0.3 is 5.32 Å². The van der Waals surface area contributed by atoms with E-state index in [2.05, 4.69) is 20.6 Å². The van der Waals surface area contributed by atoms with E-state index in [-0.39, 0.29) is 5.69 Å². The largest absolute Gasteiger partial charge is 0.482 e. The molecule has 6 nitrogen and oxygen atoms in total. The molecule has 0 fully saturated rings. The van der Waals surface area contributed by atoms with Crippen LogP contribution in [0.2, 0.25) is 0 Å². The van der Waals surface area contributed by atoms with Crippen LogP contribution in [0.4, 0.5) is 30.4 Å². The number of H-pyrrole nitrogens is 1. The molecule has 148 valence electrons. The summed E-state index contributed by atoms with van der Waals surface area (Å²) >= 11 is 0. The molecule has 0 atom stereocenters. The van der Waals surface area contributed by atoms with Crippen LogP contribution in [-0.4, -0.2) is 26.3 Å². The maximum absolute atomic E-state index is 12.4. The van der Waals surface area contributed by atoms with E-state index in [1.54, 1.807) is 23.9 Å². The van der Waals surface area contributed by atoms with Crippen molar-refractivity contribution in [3.63, 3.8) is 0 Å². The molecule has 0 saturated carbocycles. The van der Waals surface area contributed by atoms with Crippen LogP contribution in [0, 0.1) is 6.92 Å². The fraction of sp³-hybridized carbons (Fsp3) is 0.100. The highest BCUT2D eigenvalue weighted by atomic mass is 19.4. The number of hydrogen-bond donors (Lipinski definition) is 3. The van der Waals surface area contributed by atoms with Crippen molar-refractivity contribution in [3.05, 3.63) is 72.6 Å². The molecule has 0 aliphatic rings. The van der Waals surface area contributed by atoms with E-state index >= 15 is 0 Å². The van der Waals surface area contributed by atoms with Crippen molar-refractivity contribution in [1.29, 1.82) is 0 Å². The number of nitrogens with zero attached hydrogens (tertiary/aromatic N) is 3. The Hall–Kier alpha value is -3.75. The highest BCUT2D eigenvalue weighted by molar-refractivity contribution is 5.69. The van der Waals surface area contributed by atoms with Gasteiger partial charge in [0.25, 0.3) is 0 Å². The number of anilines is 3. The summed E-state index contributed by atoms with van der Waals surface area (Å²) in [6.07, 6.45) is -0.884. The van der Waals surface area contributed by atoms with Crippen molar-refractivity contribution < 1.29 is 13.2 Å². The van der Waals surface area contributed by atoms with Gasteiger partial charge in [-0.15, -0.1) is 0 Å². The molecule has 4 rings (SSSR count). The Morgan fingerprint density at radius 2 is 1.83 bits per heavy atom. The minimum Gasteiger partial charge on any atom is -0.339 e. The van der Waals surface area contributed by atoms with E-state index in [0.29, 0.717) is 17.1 Å². The Morgan fingerprint density at radius 3 is 2.48 bits per heavy atom. The Bertz CT molecular complexity index is 1100. The third kappa shape index (κ3) is 4.40. The molecule has 0 unspecified atom stereocenters. The number of aryl methyl sites for hydroxylation is 1. The van der Waals surface area contributed by atoms with Gasteiger partial charge in [0.1, 0.15) is 0 Å². The van der Waals surface area contributed by atoms with E-state index in [0.717, 1.165) is 16.9 Å². The Morgan fingerprint density at radius 1 is 1.03 bits per heavy atom. The maximum atomic E-state index is 12.4. The summed E-state index contributed by atoms with van der Waals surface area (Å²) in [5.74, 6) is 0.566. The molecule has 0 amide bonds. The molecule has 4 aromatic rings. The number of benzene rings is 2. The van der Waals surface area contributed by atoms with E-state index < -0.39 is 6.30 Å². The number of nitrogens with one attached hydrogen (secondary N) is 3. The van der Waals surface area contributed by atoms with Crippen LogP contribution in [0.25, 0.3) is 16.9 Å². The molecule has 0 spiro atoms. The van der Waals surface area contributed by atoms with Crippen molar-refractivity contribution in [3.8, 4) is 16.9 Å². The van der Waals surface area contributed by atoms with Crippen LogP contribution < -0.4 is 10.6 Å². The first kappa shape index (κ1) is 18.6. The van der Waals surface area contributed by atoms with E-state index in [9.17, 15) is 13.2 Å². The zero-order chi connectivity index (χ0) is 20.4. The van der Waals surface area contributed by atoms with Gasteiger partial charge in [-0.3, -0.25) is 10.4 Å². The van der Waals surface area contributed by atoms with Crippen molar-refractivity contribution in [2.24, 2.45) is 0 Å². The molecular formula is C20H17F3N6. The highest BCUT2D eigenvalue weighted by Crippen LogP contribution is 2.28. The Labute approximate surface area is 164 Å². The lowest BCUT2D eigenvalue weighted by Crippen LogP contribution is -2.20. The zero-order valence-corrected chi connectivity index (χ0v) is 15.3. The van der Waals surface area contributed by atoms with Crippen molar-refractivity contribution in [2.45, 2.75) is 13.2 Å². The lowest BCUT2D eigenvalue weighted by Gasteiger charge is -2.13. The normalized spacial score (nSPS) is 11.4. The SMILES string of the molecule is Cc1cc(NC(F)(F)F)ccc1Nc1cc(-c2ccc(-n3cccn3)cc2)[nH]n1. The molecule has 2 aromatic heterocycles. The van der Waals surface area contributed by atoms with E-state index in [4.69, 9.17) is 0 Å². The number of alkyl halides is 3. The fourth-order valence-electron chi connectivity index (χ4n) is 2.93. The second-order valence-corrected chi connectivity index (χ2v) is 6.44. The summed E-state index contributed by atoms with van der Waals surface area (Å²) in [6.45, 7) is 1.73. The van der Waals surface area contributed by atoms with Crippen molar-refractivity contribution in [1.82, 2.24) is 20.0 Å². The fourth-order valence-corrected chi connectivity index (χ4v) is 2.93. The lowest BCUT2D eigenvalue weighted by atomic mass is 10.1. The predicted molar refractivity (Wildman–Crippen MR) is 105 cm³/mol. The van der Waals surface area contributed by atoms with Gasteiger partial charge in [0.15, 0.2) is 5.82 Å². The van der Waals surface area contributed by atoms with Crippen LogP contribution in [-0.2, 0) is 0 Å². The minimum atomic E-state index is -4.47. The predicted octanol–water partition coefficient (Wildman–Crippen LogP) is 5.25. The average Bonchev–Trinajstić information content (AvgIpc) is 3.35. The first-order valence-corrected chi connectivity index (χ1v) is 8.76. The monoisotopic (exact) mass is 398 g/mol. The molecule has 0 saturated heterocycles. The molecule has 9 heteroatoms. The molecule has 3 N–H and O–H groups in total. The van der Waals surface area contributed by atoms with E-state index in [1.165, 1.54) is 17.4 Å². The summed E-state index contributed by atoms with van der Waals surface area (Å²) in [5, 5.41) is 16.0. The topological polar surface area (TPSA) is 70.6 Å². The molecule has 2 aromatic carbocycles. The second kappa shape index (κ2) is 7.34. The summed E-state index contributed by atoms with van der Waals surface area (Å²) < 4.78 is 39.1. The third-order valence-electron chi connectivity index (χ3n) is 4.30. The third-order valence-corrected chi connectivity index (χ3v) is 4.30. The maximum Gasteiger partial charge on any atom is 0.482 e. The zero-order valence-electron chi connectivity index (χ0n) is 15.3. The lowest BCUT2D eigenvalue weighted by molar-refractivity contribution is -0.0999. The van der Waals surface area contributed by atoms with Crippen LogP contribution in [0.15, 0.2) is 67.0 Å². The summed E-state index contributed by atoms with van der Waals surface area (Å²) in [4.78, 5) is 0. The van der Waals surface area contributed by atoms with Gasteiger partial charge in [-0.25, -0.2) is 4.68 Å². The quantitative estimate of drug-likeness (QED) is 0.402. The number of hydrogen-bond acceptors (Lipinski definition) is 4. The first-order valence-electron chi connectivity index (χ1n) is 8.76. The van der Waals surface area contributed by atoms with Crippen molar-refractivity contribution >= 4 is 17.2 Å². The van der Waals surface area contributed by atoms with Crippen LogP contribution >= 0.6 is 0 Å². The molecule has 2 heterocycles. The number of aromatic amines is 1. The van der Waals surface area contributed by atoms with Gasteiger partial charge >= 0.3 is 6.30 Å². The van der Waals surface area contributed by atoms with Gasteiger partial charge in [-0.1, -0.05) is 12.1 Å². The minimum absolute atomic E-state index is 0.0134. The summed E-state index contributed by atoms with van der Waals surface area (Å²) in [5.41, 5.74) is 4.02. The van der Waals surface area contributed by atoms with Crippen LogP contribution in [0.5, 0.6) is 0 Å². The van der Waals surface area contributed by atoms with Gasteiger partial charge in [0, 0.05) is 29.8 Å². The average molecular weight is 398 g/mol. The molecule has 0 aliphatic heterocycles. The highest BCUT2D eigenvalue weighted by Gasteiger charge is 2.27. The van der Waals surface area contributed by atoms with Crippen LogP contribution in [0.1, 0.15) is 5.56 Å². The summed E-state index contributed by atoms with van der Waals surface area (Å²) in [7, 11) is 0. The number of rotatable bonds is 5. The van der Waals surface area contributed by atoms with E-state index in [1.807, 2.05) is 42.6 Å². The second-order valence-electron chi connectivity index (χ2n) is 6.44. The van der Waals surface area contributed by atoms with Gasteiger partial charge in [0.2, 0.25) is 0 Å². The van der Waals surface area contributed by atoms with Crippen molar-refractivity contribution in [2.75, 3.05) is 10.6 Å². The number of halogens is 3. The molecule has 0 radical (unpaired) electrons. The Kier molecular flexibility index (Phi) is 4.71. The molecule has 0 bridgehead atoms. The molecule has 0 aliphatic carbocycles. The molecule has 29 heavy (non-hydrogen) atoms. The van der Waals surface area contributed by atoms with Gasteiger partial charge in [-0.05, 0) is 54.4 Å².